The predicted octanol–water partition coefficient (Wildman–Crippen LogP) is 4.39. The molecule has 4 nitrogen and oxygen atoms in total. The molecule has 0 aliphatic carbocycles. The van der Waals surface area contributed by atoms with Gasteiger partial charge in [-0.05, 0) is 42.3 Å². The SMILES string of the molecule is CN(Cc1cccc(Cl)c1Cl)C(=O)c1ccc(N2CCCC2=O)cc1. The molecule has 1 aliphatic rings. The molecule has 3 rings (SSSR count). The maximum Gasteiger partial charge on any atom is 0.253 e. The lowest BCUT2D eigenvalue weighted by molar-refractivity contribution is -0.117. The first-order valence-corrected chi connectivity index (χ1v) is 8.82. The highest BCUT2D eigenvalue weighted by Crippen LogP contribution is 2.27. The average Bonchev–Trinajstić information content (AvgIpc) is 3.04. The molecule has 0 radical (unpaired) electrons. The highest BCUT2D eigenvalue weighted by atomic mass is 35.5. The van der Waals surface area contributed by atoms with Crippen LogP contribution in [0.4, 0.5) is 5.69 Å². The van der Waals surface area contributed by atoms with Crippen LogP contribution in [0.25, 0.3) is 0 Å². The average molecular weight is 377 g/mol. The summed E-state index contributed by atoms with van der Waals surface area (Å²) in [7, 11) is 1.72. The number of hydrogen-bond donors (Lipinski definition) is 0. The maximum atomic E-state index is 12.6. The standard InChI is InChI=1S/C19H18Cl2N2O2/c1-22(12-14-4-2-5-16(20)18(14)21)19(25)13-7-9-15(10-8-13)23-11-3-6-17(23)24/h2,4-5,7-10H,3,6,11-12H2,1H3. The summed E-state index contributed by atoms with van der Waals surface area (Å²) in [4.78, 5) is 27.7. The second-order valence-corrected chi connectivity index (χ2v) is 6.86. The van der Waals surface area contributed by atoms with Gasteiger partial charge in [-0.2, -0.15) is 0 Å². The molecule has 1 fully saturated rings. The molecule has 0 saturated carbocycles. The van der Waals surface area contributed by atoms with Crippen LogP contribution >= 0.6 is 23.2 Å². The number of halogens is 2. The normalized spacial score (nSPS) is 14.0. The van der Waals surface area contributed by atoms with Gasteiger partial charge in [0.15, 0.2) is 0 Å². The summed E-state index contributed by atoms with van der Waals surface area (Å²) in [5.41, 5.74) is 2.19. The Balaban J connectivity index is 1.71. The van der Waals surface area contributed by atoms with Gasteiger partial charge in [0.2, 0.25) is 5.91 Å². The summed E-state index contributed by atoms with van der Waals surface area (Å²) in [6.45, 7) is 1.10. The van der Waals surface area contributed by atoms with Crippen molar-refractivity contribution in [2.45, 2.75) is 19.4 Å². The van der Waals surface area contributed by atoms with E-state index in [1.54, 1.807) is 35.0 Å². The molecule has 0 atom stereocenters. The number of benzene rings is 2. The molecule has 1 saturated heterocycles. The largest absolute Gasteiger partial charge is 0.337 e. The van der Waals surface area contributed by atoms with Crippen molar-refractivity contribution in [3.63, 3.8) is 0 Å². The zero-order valence-corrected chi connectivity index (χ0v) is 15.3. The fourth-order valence-corrected chi connectivity index (χ4v) is 3.30. The molecule has 0 unspecified atom stereocenters. The highest BCUT2D eigenvalue weighted by Gasteiger charge is 2.22. The smallest absolute Gasteiger partial charge is 0.253 e. The first kappa shape index (κ1) is 17.8. The lowest BCUT2D eigenvalue weighted by atomic mass is 10.1. The van der Waals surface area contributed by atoms with Crippen LogP contribution < -0.4 is 4.90 Å². The molecular weight excluding hydrogens is 359 g/mol. The monoisotopic (exact) mass is 376 g/mol. The Bertz CT molecular complexity index is 806. The molecule has 6 heteroatoms. The van der Waals surface area contributed by atoms with Crippen molar-refractivity contribution in [1.82, 2.24) is 4.90 Å². The number of amides is 2. The van der Waals surface area contributed by atoms with Gasteiger partial charge in [0, 0.05) is 37.8 Å². The number of rotatable bonds is 4. The van der Waals surface area contributed by atoms with Gasteiger partial charge in [-0.15, -0.1) is 0 Å². The molecular formula is C19H18Cl2N2O2. The van der Waals surface area contributed by atoms with Gasteiger partial charge in [0.25, 0.3) is 5.91 Å². The summed E-state index contributed by atoms with van der Waals surface area (Å²) < 4.78 is 0. The van der Waals surface area contributed by atoms with Crippen LogP contribution in [0.5, 0.6) is 0 Å². The van der Waals surface area contributed by atoms with Gasteiger partial charge in [-0.1, -0.05) is 35.3 Å². The number of carbonyl (C=O) groups excluding carboxylic acids is 2. The first-order chi connectivity index (χ1) is 12.0. The minimum Gasteiger partial charge on any atom is -0.337 e. The van der Waals surface area contributed by atoms with Crippen molar-refractivity contribution in [3.05, 3.63) is 63.6 Å². The molecule has 2 amide bonds. The third-order valence-corrected chi connectivity index (χ3v) is 5.14. The summed E-state index contributed by atoms with van der Waals surface area (Å²) in [6.07, 6.45) is 1.46. The molecule has 1 aliphatic heterocycles. The lowest BCUT2D eigenvalue weighted by Crippen LogP contribution is -2.27. The molecule has 25 heavy (non-hydrogen) atoms. The van der Waals surface area contributed by atoms with Gasteiger partial charge in [0.1, 0.15) is 0 Å². The topological polar surface area (TPSA) is 40.6 Å². The van der Waals surface area contributed by atoms with Gasteiger partial charge in [-0.25, -0.2) is 0 Å². The van der Waals surface area contributed by atoms with Gasteiger partial charge in [0.05, 0.1) is 10.0 Å². The van der Waals surface area contributed by atoms with Crippen LogP contribution in [0, 0.1) is 0 Å². The van der Waals surface area contributed by atoms with E-state index in [-0.39, 0.29) is 11.8 Å². The van der Waals surface area contributed by atoms with Gasteiger partial charge < -0.3 is 9.80 Å². The van der Waals surface area contributed by atoms with E-state index < -0.39 is 0 Å². The van der Waals surface area contributed by atoms with E-state index in [1.165, 1.54) is 0 Å². The second kappa shape index (κ2) is 7.46. The summed E-state index contributed by atoms with van der Waals surface area (Å²) in [5.74, 6) is 0.0159. The van der Waals surface area contributed by atoms with E-state index in [0.717, 1.165) is 24.2 Å². The van der Waals surface area contributed by atoms with Crippen molar-refractivity contribution in [2.75, 3.05) is 18.5 Å². The van der Waals surface area contributed by atoms with E-state index in [4.69, 9.17) is 23.2 Å². The summed E-state index contributed by atoms with van der Waals surface area (Å²) in [6, 6.07) is 12.5. The Kier molecular flexibility index (Phi) is 5.30. The molecule has 1 heterocycles. The zero-order valence-electron chi connectivity index (χ0n) is 13.8. The van der Waals surface area contributed by atoms with Crippen molar-refractivity contribution in [3.8, 4) is 0 Å². The molecule has 0 aromatic heterocycles. The van der Waals surface area contributed by atoms with Crippen LogP contribution in [0.15, 0.2) is 42.5 Å². The van der Waals surface area contributed by atoms with Crippen molar-refractivity contribution in [2.24, 2.45) is 0 Å². The fourth-order valence-electron chi connectivity index (χ4n) is 2.92. The molecule has 2 aromatic carbocycles. The van der Waals surface area contributed by atoms with Crippen LogP contribution in [-0.2, 0) is 11.3 Å². The molecule has 2 aromatic rings. The Morgan fingerprint density at radius 3 is 2.52 bits per heavy atom. The molecule has 130 valence electrons. The number of anilines is 1. The predicted molar refractivity (Wildman–Crippen MR) is 100 cm³/mol. The highest BCUT2D eigenvalue weighted by molar-refractivity contribution is 6.42. The summed E-state index contributed by atoms with van der Waals surface area (Å²) >= 11 is 12.2. The fraction of sp³-hybridized carbons (Fsp3) is 0.263. The van der Waals surface area contributed by atoms with Crippen LogP contribution in [-0.4, -0.2) is 30.3 Å². The molecule has 0 spiro atoms. The number of nitrogens with zero attached hydrogens (tertiary/aromatic N) is 2. The summed E-state index contributed by atoms with van der Waals surface area (Å²) in [5, 5.41) is 0.936. The van der Waals surface area contributed by atoms with Crippen LogP contribution in [0.1, 0.15) is 28.8 Å². The van der Waals surface area contributed by atoms with Crippen molar-refractivity contribution in [1.29, 1.82) is 0 Å². The Labute approximate surface area is 156 Å². The Morgan fingerprint density at radius 2 is 1.88 bits per heavy atom. The van der Waals surface area contributed by atoms with Crippen LogP contribution in [0.2, 0.25) is 10.0 Å². The minimum absolute atomic E-state index is 0.115. The first-order valence-electron chi connectivity index (χ1n) is 8.06. The van der Waals surface area contributed by atoms with E-state index in [2.05, 4.69) is 0 Å². The van der Waals surface area contributed by atoms with E-state index in [0.29, 0.717) is 28.6 Å². The van der Waals surface area contributed by atoms with E-state index >= 15 is 0 Å². The second-order valence-electron chi connectivity index (χ2n) is 6.07. The third-order valence-electron chi connectivity index (χ3n) is 4.29. The zero-order chi connectivity index (χ0) is 18.0. The Hall–Kier alpha value is -2.04. The van der Waals surface area contributed by atoms with Crippen molar-refractivity contribution >= 4 is 40.7 Å². The number of hydrogen-bond acceptors (Lipinski definition) is 2. The van der Waals surface area contributed by atoms with E-state index in [1.807, 2.05) is 24.3 Å². The third kappa shape index (κ3) is 3.80. The Morgan fingerprint density at radius 1 is 1.16 bits per heavy atom. The molecule has 0 N–H and O–H groups in total. The minimum atomic E-state index is -0.115. The van der Waals surface area contributed by atoms with Crippen LogP contribution in [0.3, 0.4) is 0 Å². The number of carbonyl (C=O) groups is 2. The maximum absolute atomic E-state index is 12.6. The van der Waals surface area contributed by atoms with Gasteiger partial charge in [-0.3, -0.25) is 9.59 Å². The van der Waals surface area contributed by atoms with Crippen molar-refractivity contribution < 1.29 is 9.59 Å². The lowest BCUT2D eigenvalue weighted by Gasteiger charge is -2.20. The van der Waals surface area contributed by atoms with Gasteiger partial charge >= 0.3 is 0 Å². The van der Waals surface area contributed by atoms with E-state index in [9.17, 15) is 9.59 Å². The quantitative estimate of drug-likeness (QED) is 0.793. The molecule has 0 bridgehead atoms.